The molecule has 1 atom stereocenters. The Morgan fingerprint density at radius 2 is 1.78 bits per heavy atom. The number of rotatable bonds is 10. The van der Waals surface area contributed by atoms with Gasteiger partial charge < -0.3 is 20.5 Å². The molecule has 0 spiro atoms. The van der Waals surface area contributed by atoms with E-state index in [1.165, 1.54) is 11.1 Å². The van der Waals surface area contributed by atoms with Gasteiger partial charge >= 0.3 is 0 Å². The monoisotopic (exact) mass is 476 g/mol. The van der Waals surface area contributed by atoms with Gasteiger partial charge in [-0.1, -0.05) is 53.0 Å². The first-order valence-corrected chi connectivity index (χ1v) is 11.3. The molecule has 3 fully saturated rings. The minimum Gasteiger partial charge on any atom is -0.480 e. The lowest BCUT2D eigenvalue weighted by Crippen LogP contribution is -2.79. The van der Waals surface area contributed by atoms with Crippen molar-refractivity contribution in [2.24, 2.45) is 11.1 Å². The number of hydrogen-bond acceptors (Lipinski definition) is 4. The van der Waals surface area contributed by atoms with E-state index in [0.717, 1.165) is 6.42 Å². The molecule has 3 saturated carbocycles. The van der Waals surface area contributed by atoms with Crippen molar-refractivity contribution in [1.82, 2.24) is 5.32 Å². The highest BCUT2D eigenvalue weighted by Crippen LogP contribution is 2.69. The van der Waals surface area contributed by atoms with Crippen molar-refractivity contribution in [3.63, 3.8) is 0 Å². The van der Waals surface area contributed by atoms with E-state index in [-0.39, 0.29) is 23.5 Å². The van der Waals surface area contributed by atoms with Crippen molar-refractivity contribution in [3.8, 4) is 5.75 Å². The molecule has 2 bridgehead atoms. The predicted molar refractivity (Wildman–Crippen MR) is 123 cm³/mol. The summed E-state index contributed by atoms with van der Waals surface area (Å²) in [6, 6.07) is 13.1. The third-order valence-corrected chi connectivity index (χ3v) is 7.06. The largest absolute Gasteiger partial charge is 0.480 e. The van der Waals surface area contributed by atoms with Crippen LogP contribution in [0.4, 0.5) is 0 Å². The van der Waals surface area contributed by atoms with Gasteiger partial charge in [-0.05, 0) is 50.3 Å². The van der Waals surface area contributed by atoms with Crippen molar-refractivity contribution in [2.45, 2.75) is 44.2 Å². The van der Waals surface area contributed by atoms with Crippen LogP contribution in [0.15, 0.2) is 42.5 Å². The standard InChI is InChI=1S/C24H26Cl2N2O4/c1-15-2-4-16(5-3-15)8-9-31-11-20(29)28-24-12-23(13-24,14-24)21(22(27)30)32-17-6-7-18(25)19(26)10-17/h2-7,10,21H,8-9,11-14H2,1H3,(H2,27,30)(H,28,29). The van der Waals surface area contributed by atoms with E-state index in [1.807, 2.05) is 6.92 Å². The van der Waals surface area contributed by atoms with Gasteiger partial charge in [0.15, 0.2) is 6.10 Å². The molecule has 3 aliphatic carbocycles. The number of nitrogens with two attached hydrogens (primary N) is 1. The van der Waals surface area contributed by atoms with E-state index in [9.17, 15) is 9.59 Å². The molecular formula is C24H26Cl2N2O4. The van der Waals surface area contributed by atoms with Crippen LogP contribution in [0.25, 0.3) is 0 Å². The van der Waals surface area contributed by atoms with Gasteiger partial charge in [0, 0.05) is 17.0 Å². The highest BCUT2D eigenvalue weighted by molar-refractivity contribution is 6.42. The summed E-state index contributed by atoms with van der Waals surface area (Å²) < 4.78 is 11.4. The van der Waals surface area contributed by atoms with Crippen LogP contribution in [0.5, 0.6) is 5.75 Å². The summed E-state index contributed by atoms with van der Waals surface area (Å²) in [6.07, 6.45) is 1.90. The van der Waals surface area contributed by atoms with Crippen LogP contribution in [0, 0.1) is 12.3 Å². The molecule has 0 aliphatic heterocycles. The van der Waals surface area contributed by atoms with Crippen molar-refractivity contribution in [2.75, 3.05) is 13.2 Å². The normalized spacial score (nSPS) is 24.1. The predicted octanol–water partition coefficient (Wildman–Crippen LogP) is 3.83. The number of amides is 2. The summed E-state index contributed by atoms with van der Waals surface area (Å²) in [5.74, 6) is -0.244. The quantitative estimate of drug-likeness (QED) is 0.509. The first-order valence-electron chi connectivity index (χ1n) is 10.6. The molecule has 0 radical (unpaired) electrons. The lowest BCUT2D eigenvalue weighted by molar-refractivity contribution is -0.208. The van der Waals surface area contributed by atoms with Crippen LogP contribution in [-0.2, 0) is 20.7 Å². The maximum atomic E-state index is 12.3. The van der Waals surface area contributed by atoms with Crippen LogP contribution in [0.2, 0.25) is 10.0 Å². The molecular weight excluding hydrogens is 451 g/mol. The molecule has 0 heterocycles. The zero-order valence-corrected chi connectivity index (χ0v) is 19.3. The molecule has 2 aromatic carbocycles. The molecule has 1 unspecified atom stereocenters. The topological polar surface area (TPSA) is 90.7 Å². The zero-order valence-electron chi connectivity index (χ0n) is 17.8. The first-order chi connectivity index (χ1) is 15.2. The fraction of sp³-hybridized carbons (Fsp3) is 0.417. The Kier molecular flexibility index (Phi) is 6.39. The third kappa shape index (κ3) is 4.72. The Hall–Kier alpha value is -2.28. The molecule has 3 aliphatic rings. The Bertz CT molecular complexity index is 1010. The maximum absolute atomic E-state index is 12.3. The molecule has 5 rings (SSSR count). The van der Waals surface area contributed by atoms with Crippen LogP contribution in [0.1, 0.15) is 30.4 Å². The molecule has 32 heavy (non-hydrogen) atoms. The van der Waals surface area contributed by atoms with Crippen LogP contribution in [-0.4, -0.2) is 36.7 Å². The number of benzene rings is 2. The number of halogens is 2. The van der Waals surface area contributed by atoms with E-state index in [4.69, 9.17) is 38.4 Å². The fourth-order valence-electron chi connectivity index (χ4n) is 4.89. The second-order valence-corrected chi connectivity index (χ2v) is 9.80. The fourth-order valence-corrected chi connectivity index (χ4v) is 5.18. The number of hydrogen-bond donors (Lipinski definition) is 2. The number of carbonyl (C=O) groups excluding carboxylic acids is 2. The van der Waals surface area contributed by atoms with Gasteiger partial charge in [-0.25, -0.2) is 0 Å². The van der Waals surface area contributed by atoms with Crippen LogP contribution in [0.3, 0.4) is 0 Å². The maximum Gasteiger partial charge on any atom is 0.259 e. The average molecular weight is 477 g/mol. The molecule has 3 N–H and O–H groups in total. The summed E-state index contributed by atoms with van der Waals surface area (Å²) in [5, 5.41) is 3.80. The van der Waals surface area contributed by atoms with Crippen molar-refractivity contribution < 1.29 is 19.1 Å². The molecule has 0 saturated heterocycles. The Morgan fingerprint density at radius 1 is 1.09 bits per heavy atom. The molecule has 0 aromatic heterocycles. The van der Waals surface area contributed by atoms with E-state index in [1.54, 1.807) is 18.2 Å². The molecule has 2 aromatic rings. The second-order valence-electron chi connectivity index (χ2n) is 8.99. The third-order valence-electron chi connectivity index (χ3n) is 6.32. The summed E-state index contributed by atoms with van der Waals surface area (Å²) in [6.45, 7) is 2.54. The minimum atomic E-state index is -0.788. The minimum absolute atomic E-state index is 0.0135. The van der Waals surface area contributed by atoms with E-state index in [2.05, 4.69) is 29.6 Å². The highest BCUT2D eigenvalue weighted by atomic mass is 35.5. The van der Waals surface area contributed by atoms with Gasteiger partial charge in [0.2, 0.25) is 5.91 Å². The van der Waals surface area contributed by atoms with E-state index < -0.39 is 12.0 Å². The Labute approximate surface area is 197 Å². The van der Waals surface area contributed by atoms with Crippen molar-refractivity contribution in [1.29, 1.82) is 0 Å². The number of primary amides is 1. The summed E-state index contributed by atoms with van der Waals surface area (Å²) in [7, 11) is 0. The van der Waals surface area contributed by atoms with Gasteiger partial charge in [0.1, 0.15) is 12.4 Å². The second kappa shape index (κ2) is 8.93. The lowest BCUT2D eigenvalue weighted by atomic mass is 9.37. The number of ether oxygens (including phenoxy) is 2. The van der Waals surface area contributed by atoms with Crippen molar-refractivity contribution >= 4 is 35.0 Å². The first kappa shape index (κ1) is 22.9. The van der Waals surface area contributed by atoms with Gasteiger partial charge in [-0.2, -0.15) is 0 Å². The SMILES string of the molecule is Cc1ccc(CCOCC(=O)NC23CC(C(Oc4ccc(Cl)c(Cl)c4)C(N)=O)(C2)C3)cc1. The van der Waals surface area contributed by atoms with Gasteiger partial charge in [0.05, 0.1) is 16.7 Å². The average Bonchev–Trinajstić information content (AvgIpc) is 2.69. The molecule has 8 heteroatoms. The summed E-state index contributed by atoms with van der Waals surface area (Å²) >= 11 is 12.0. The van der Waals surface area contributed by atoms with Gasteiger partial charge in [-0.15, -0.1) is 0 Å². The van der Waals surface area contributed by atoms with Crippen LogP contribution >= 0.6 is 23.2 Å². The van der Waals surface area contributed by atoms with E-state index >= 15 is 0 Å². The van der Waals surface area contributed by atoms with Crippen molar-refractivity contribution in [3.05, 3.63) is 63.6 Å². The molecule has 2 amide bonds. The smallest absolute Gasteiger partial charge is 0.259 e. The highest BCUT2D eigenvalue weighted by Gasteiger charge is 2.73. The van der Waals surface area contributed by atoms with E-state index in [0.29, 0.717) is 41.7 Å². The number of nitrogens with one attached hydrogen (secondary N) is 1. The summed E-state index contributed by atoms with van der Waals surface area (Å²) in [5.41, 5.74) is 7.35. The van der Waals surface area contributed by atoms with Gasteiger partial charge in [0.25, 0.3) is 5.91 Å². The Balaban J connectivity index is 1.23. The molecule has 6 nitrogen and oxygen atoms in total. The zero-order chi connectivity index (χ0) is 22.9. The van der Waals surface area contributed by atoms with Gasteiger partial charge in [-0.3, -0.25) is 9.59 Å². The lowest BCUT2D eigenvalue weighted by Gasteiger charge is -2.71. The summed E-state index contributed by atoms with van der Waals surface area (Å²) in [4.78, 5) is 24.4. The number of aryl methyl sites for hydroxylation is 1. The number of carbonyl (C=O) groups is 2. The Morgan fingerprint density at radius 3 is 2.41 bits per heavy atom. The van der Waals surface area contributed by atoms with Crippen LogP contribution < -0.4 is 15.8 Å². The molecule has 170 valence electrons.